The Morgan fingerprint density at radius 2 is 1.57 bits per heavy atom. The van der Waals surface area contributed by atoms with Crippen molar-refractivity contribution in [2.45, 2.75) is 49.7 Å². The zero-order valence-electron chi connectivity index (χ0n) is 15.3. The highest BCUT2D eigenvalue weighted by molar-refractivity contribution is 7.89. The van der Waals surface area contributed by atoms with Gasteiger partial charge in [-0.3, -0.25) is 0 Å². The fourth-order valence-electron chi connectivity index (χ4n) is 3.48. The monoisotopic (exact) mass is 415 g/mol. The second-order valence-corrected chi connectivity index (χ2v) is 9.00. The van der Waals surface area contributed by atoms with E-state index in [1.165, 1.54) is 24.3 Å². The van der Waals surface area contributed by atoms with Gasteiger partial charge in [-0.2, -0.15) is 13.2 Å². The smallest absolute Gasteiger partial charge is 0.208 e. The summed E-state index contributed by atoms with van der Waals surface area (Å²) in [5, 5.41) is 0. The predicted octanol–water partition coefficient (Wildman–Crippen LogP) is 5.37. The van der Waals surface area contributed by atoms with E-state index in [9.17, 15) is 26.0 Å². The minimum atomic E-state index is -4.72. The minimum Gasteiger partial charge on any atom is -0.208 e. The van der Waals surface area contributed by atoms with Crippen LogP contribution in [0.25, 0.3) is 11.1 Å². The third-order valence-corrected chi connectivity index (χ3v) is 6.64. The molecule has 0 unspecified atom stereocenters. The Morgan fingerprint density at radius 3 is 2.14 bits per heavy atom. The highest BCUT2D eigenvalue weighted by atomic mass is 32.2. The van der Waals surface area contributed by atoms with E-state index in [2.05, 4.69) is 11.6 Å². The number of rotatable bonds is 4. The van der Waals surface area contributed by atoms with Gasteiger partial charge in [-0.15, -0.1) is 0 Å². The predicted molar refractivity (Wildman–Crippen MR) is 98.6 cm³/mol. The van der Waals surface area contributed by atoms with Crippen molar-refractivity contribution in [3.8, 4) is 11.1 Å². The highest BCUT2D eigenvalue weighted by Gasteiger charge is 2.34. The van der Waals surface area contributed by atoms with Crippen LogP contribution in [0.3, 0.4) is 0 Å². The quantitative estimate of drug-likeness (QED) is 0.683. The molecule has 0 atom stereocenters. The van der Waals surface area contributed by atoms with Crippen molar-refractivity contribution in [1.29, 1.82) is 0 Å². The average Bonchev–Trinajstić information content (AvgIpc) is 2.63. The van der Waals surface area contributed by atoms with Crippen LogP contribution in [-0.4, -0.2) is 14.5 Å². The summed E-state index contributed by atoms with van der Waals surface area (Å²) in [6.07, 6.45) is -1.28. The molecule has 0 bridgehead atoms. The SMILES string of the molecule is CC1CCC(NS(=O)(=O)c2ccc(-c3ccc(F)cc3C(F)(F)F)cc2)CC1. The van der Waals surface area contributed by atoms with Crippen molar-refractivity contribution in [3.05, 3.63) is 53.8 Å². The standard InChI is InChI=1S/C20H21F4NO2S/c1-13-2-7-16(8-3-13)25-28(26,27)17-9-4-14(5-10-17)18-11-6-15(21)12-19(18)20(22,23)24/h4-6,9-13,16,25H,2-3,7-8H2,1H3. The van der Waals surface area contributed by atoms with E-state index in [0.29, 0.717) is 12.0 Å². The maximum absolute atomic E-state index is 13.3. The molecule has 152 valence electrons. The molecular weight excluding hydrogens is 394 g/mol. The molecule has 1 N–H and O–H groups in total. The first kappa shape index (κ1) is 20.8. The Bertz CT molecular complexity index is 932. The number of hydrogen-bond acceptors (Lipinski definition) is 2. The zero-order chi connectivity index (χ0) is 20.5. The number of benzene rings is 2. The van der Waals surface area contributed by atoms with E-state index in [-0.39, 0.29) is 22.1 Å². The zero-order valence-corrected chi connectivity index (χ0v) is 16.1. The highest BCUT2D eigenvalue weighted by Crippen LogP contribution is 2.37. The van der Waals surface area contributed by atoms with Crippen LogP contribution in [-0.2, 0) is 16.2 Å². The molecule has 1 fully saturated rings. The van der Waals surface area contributed by atoms with Crippen molar-refractivity contribution in [3.63, 3.8) is 0 Å². The van der Waals surface area contributed by atoms with E-state index in [4.69, 9.17) is 0 Å². The summed E-state index contributed by atoms with van der Waals surface area (Å²) >= 11 is 0. The molecule has 0 spiro atoms. The molecule has 0 aliphatic heterocycles. The first-order valence-electron chi connectivity index (χ1n) is 9.06. The average molecular weight is 415 g/mol. The third-order valence-electron chi connectivity index (χ3n) is 5.10. The summed E-state index contributed by atoms with van der Waals surface area (Å²) in [6.45, 7) is 2.13. The fraction of sp³-hybridized carbons (Fsp3) is 0.400. The van der Waals surface area contributed by atoms with Crippen molar-refractivity contribution >= 4 is 10.0 Å². The van der Waals surface area contributed by atoms with Gasteiger partial charge in [-0.05, 0) is 67.0 Å². The summed E-state index contributed by atoms with van der Waals surface area (Å²) in [4.78, 5) is -0.00876. The summed E-state index contributed by atoms with van der Waals surface area (Å²) in [5.74, 6) is -0.403. The van der Waals surface area contributed by atoms with Crippen LogP contribution >= 0.6 is 0 Å². The van der Waals surface area contributed by atoms with Gasteiger partial charge in [0, 0.05) is 6.04 Å². The Balaban J connectivity index is 1.84. The van der Waals surface area contributed by atoms with E-state index >= 15 is 0 Å². The van der Waals surface area contributed by atoms with Crippen LogP contribution in [0.2, 0.25) is 0 Å². The number of halogens is 4. The maximum Gasteiger partial charge on any atom is 0.417 e. The molecule has 0 amide bonds. The molecule has 8 heteroatoms. The van der Waals surface area contributed by atoms with E-state index in [1.54, 1.807) is 0 Å². The molecule has 3 rings (SSSR count). The van der Waals surface area contributed by atoms with Crippen LogP contribution in [0.15, 0.2) is 47.4 Å². The summed E-state index contributed by atoms with van der Waals surface area (Å²) in [7, 11) is -3.75. The topological polar surface area (TPSA) is 46.2 Å². The Labute approximate surface area is 161 Å². The van der Waals surface area contributed by atoms with Crippen LogP contribution in [0.5, 0.6) is 0 Å². The molecule has 3 nitrogen and oxygen atoms in total. The Hall–Kier alpha value is -1.93. The molecule has 2 aromatic carbocycles. The van der Waals surface area contributed by atoms with Gasteiger partial charge in [0.15, 0.2) is 0 Å². The van der Waals surface area contributed by atoms with E-state index < -0.39 is 27.6 Å². The van der Waals surface area contributed by atoms with Crippen LogP contribution < -0.4 is 4.72 Å². The summed E-state index contributed by atoms with van der Waals surface area (Å²) in [6, 6.07) is 7.45. The fourth-order valence-corrected chi connectivity index (χ4v) is 4.79. The van der Waals surface area contributed by atoms with Gasteiger partial charge in [0.2, 0.25) is 10.0 Å². The van der Waals surface area contributed by atoms with Gasteiger partial charge < -0.3 is 0 Å². The second kappa shape index (κ2) is 7.83. The molecule has 1 aliphatic rings. The van der Waals surface area contributed by atoms with Gasteiger partial charge in [0.25, 0.3) is 0 Å². The first-order chi connectivity index (χ1) is 13.1. The van der Waals surface area contributed by atoms with Gasteiger partial charge in [0.1, 0.15) is 5.82 Å². The molecule has 1 aliphatic carbocycles. The number of nitrogens with one attached hydrogen (secondary N) is 1. The molecule has 0 heterocycles. The van der Waals surface area contributed by atoms with Crippen LogP contribution in [0.1, 0.15) is 38.2 Å². The van der Waals surface area contributed by atoms with E-state index in [1.807, 2.05) is 0 Å². The van der Waals surface area contributed by atoms with Crippen molar-refractivity contribution in [2.75, 3.05) is 0 Å². The first-order valence-corrected chi connectivity index (χ1v) is 10.5. The number of sulfonamides is 1. The summed E-state index contributed by atoms with van der Waals surface area (Å²) < 4.78 is 80.7. The van der Waals surface area contributed by atoms with Gasteiger partial charge >= 0.3 is 6.18 Å². The number of hydrogen-bond donors (Lipinski definition) is 1. The van der Waals surface area contributed by atoms with Gasteiger partial charge in [0.05, 0.1) is 10.5 Å². The van der Waals surface area contributed by atoms with Gasteiger partial charge in [-0.25, -0.2) is 17.5 Å². The Morgan fingerprint density at radius 1 is 0.964 bits per heavy atom. The largest absolute Gasteiger partial charge is 0.417 e. The molecule has 0 aromatic heterocycles. The molecule has 1 saturated carbocycles. The number of alkyl halides is 3. The molecule has 28 heavy (non-hydrogen) atoms. The Kier molecular flexibility index (Phi) is 5.82. The molecule has 0 saturated heterocycles. The van der Waals surface area contributed by atoms with Crippen molar-refractivity contribution < 1.29 is 26.0 Å². The van der Waals surface area contributed by atoms with Crippen molar-refractivity contribution in [2.24, 2.45) is 5.92 Å². The molecule has 0 radical (unpaired) electrons. The second-order valence-electron chi connectivity index (χ2n) is 7.29. The van der Waals surface area contributed by atoms with E-state index in [0.717, 1.165) is 37.8 Å². The minimum absolute atomic E-state index is 0.00876. The van der Waals surface area contributed by atoms with Gasteiger partial charge in [-0.1, -0.05) is 25.1 Å². The lowest BCUT2D eigenvalue weighted by Gasteiger charge is -2.26. The molecular formula is C20H21F4NO2S. The summed E-state index contributed by atoms with van der Waals surface area (Å²) in [5.41, 5.74) is -1.14. The van der Waals surface area contributed by atoms with Crippen LogP contribution in [0, 0.1) is 11.7 Å². The van der Waals surface area contributed by atoms with Crippen LogP contribution in [0.4, 0.5) is 17.6 Å². The normalized spacial score (nSPS) is 20.9. The van der Waals surface area contributed by atoms with Crippen molar-refractivity contribution in [1.82, 2.24) is 4.72 Å². The molecule has 2 aromatic rings. The lowest BCUT2D eigenvalue weighted by molar-refractivity contribution is -0.137. The lowest BCUT2D eigenvalue weighted by atomic mass is 9.88. The maximum atomic E-state index is 13.3. The lowest BCUT2D eigenvalue weighted by Crippen LogP contribution is -2.37. The third kappa shape index (κ3) is 4.72.